The SMILES string of the molecule is COc1ccc(OC)c(C2=NO[C@@H]3C(=O)N(c4cccc([N+](=O)[O-])c4C)C(=O)[C@H]23)c1. The monoisotopic (exact) mass is 411 g/mol. The molecule has 30 heavy (non-hydrogen) atoms. The molecule has 1 fully saturated rings. The van der Waals surface area contributed by atoms with Gasteiger partial charge in [-0.2, -0.15) is 0 Å². The topological polar surface area (TPSA) is 121 Å². The van der Waals surface area contributed by atoms with Crippen LogP contribution in [0.1, 0.15) is 11.1 Å². The van der Waals surface area contributed by atoms with Crippen molar-refractivity contribution in [1.82, 2.24) is 0 Å². The maximum absolute atomic E-state index is 13.3. The van der Waals surface area contributed by atoms with Crippen LogP contribution in [0.15, 0.2) is 41.6 Å². The number of hydrogen-bond donors (Lipinski definition) is 0. The van der Waals surface area contributed by atoms with Gasteiger partial charge in [-0.15, -0.1) is 0 Å². The Morgan fingerprint density at radius 3 is 2.57 bits per heavy atom. The van der Waals surface area contributed by atoms with E-state index in [2.05, 4.69) is 5.16 Å². The summed E-state index contributed by atoms with van der Waals surface area (Å²) in [6, 6.07) is 9.22. The van der Waals surface area contributed by atoms with Crippen molar-refractivity contribution < 1.29 is 28.8 Å². The lowest BCUT2D eigenvalue weighted by Gasteiger charge is -2.18. The summed E-state index contributed by atoms with van der Waals surface area (Å²) in [7, 11) is 2.97. The van der Waals surface area contributed by atoms with Crippen LogP contribution in [0.4, 0.5) is 11.4 Å². The largest absolute Gasteiger partial charge is 0.497 e. The van der Waals surface area contributed by atoms with E-state index in [0.29, 0.717) is 17.1 Å². The second-order valence-electron chi connectivity index (χ2n) is 6.74. The molecule has 2 aromatic carbocycles. The molecule has 0 spiro atoms. The Morgan fingerprint density at radius 2 is 1.90 bits per heavy atom. The van der Waals surface area contributed by atoms with E-state index >= 15 is 0 Å². The van der Waals surface area contributed by atoms with E-state index in [9.17, 15) is 19.7 Å². The average Bonchev–Trinajstić information content (AvgIpc) is 3.28. The number of methoxy groups -OCH3 is 2. The number of anilines is 1. The summed E-state index contributed by atoms with van der Waals surface area (Å²) in [5.74, 6) is -1.26. The molecule has 0 aromatic heterocycles. The van der Waals surface area contributed by atoms with Gasteiger partial charge in [-0.05, 0) is 31.2 Å². The number of ether oxygens (including phenoxy) is 2. The molecule has 0 aliphatic carbocycles. The molecule has 2 aromatic rings. The van der Waals surface area contributed by atoms with Crippen molar-refractivity contribution in [2.24, 2.45) is 11.1 Å². The summed E-state index contributed by atoms with van der Waals surface area (Å²) in [5.41, 5.74) is 0.869. The first-order valence-corrected chi connectivity index (χ1v) is 8.97. The Hall–Kier alpha value is -3.95. The Kier molecular flexibility index (Phi) is 4.61. The van der Waals surface area contributed by atoms with Gasteiger partial charge in [0.25, 0.3) is 11.6 Å². The third-order valence-corrected chi connectivity index (χ3v) is 5.21. The zero-order chi connectivity index (χ0) is 21.6. The highest BCUT2D eigenvalue weighted by atomic mass is 16.7. The van der Waals surface area contributed by atoms with Gasteiger partial charge in [0, 0.05) is 11.6 Å². The van der Waals surface area contributed by atoms with E-state index in [1.54, 1.807) is 18.2 Å². The minimum absolute atomic E-state index is 0.147. The first-order valence-electron chi connectivity index (χ1n) is 8.97. The number of carbonyl (C=O) groups excluding carboxylic acids is 2. The fourth-order valence-electron chi connectivity index (χ4n) is 3.70. The van der Waals surface area contributed by atoms with Gasteiger partial charge in [0.15, 0.2) is 0 Å². The number of amides is 2. The van der Waals surface area contributed by atoms with Crippen molar-refractivity contribution in [3.05, 3.63) is 57.6 Å². The molecule has 154 valence electrons. The van der Waals surface area contributed by atoms with Gasteiger partial charge in [-0.3, -0.25) is 19.7 Å². The van der Waals surface area contributed by atoms with Crippen molar-refractivity contribution in [3.8, 4) is 11.5 Å². The third kappa shape index (κ3) is 2.76. The van der Waals surface area contributed by atoms with Crippen molar-refractivity contribution in [3.63, 3.8) is 0 Å². The van der Waals surface area contributed by atoms with E-state index in [-0.39, 0.29) is 22.6 Å². The molecule has 4 rings (SSSR count). The van der Waals surface area contributed by atoms with E-state index in [1.807, 2.05) is 0 Å². The van der Waals surface area contributed by atoms with Crippen LogP contribution in [-0.2, 0) is 14.4 Å². The number of nitrogens with zero attached hydrogens (tertiary/aromatic N) is 3. The predicted octanol–water partition coefficient (Wildman–Crippen LogP) is 2.21. The van der Waals surface area contributed by atoms with Gasteiger partial charge >= 0.3 is 0 Å². The van der Waals surface area contributed by atoms with Gasteiger partial charge < -0.3 is 14.3 Å². The zero-order valence-electron chi connectivity index (χ0n) is 16.3. The summed E-state index contributed by atoms with van der Waals surface area (Å²) in [4.78, 5) is 43.2. The molecule has 2 aliphatic rings. The van der Waals surface area contributed by atoms with Gasteiger partial charge in [-0.25, -0.2) is 4.90 Å². The zero-order valence-corrected chi connectivity index (χ0v) is 16.3. The quantitative estimate of drug-likeness (QED) is 0.420. The lowest BCUT2D eigenvalue weighted by atomic mass is 9.93. The van der Waals surface area contributed by atoms with Crippen LogP contribution >= 0.6 is 0 Å². The molecule has 2 atom stereocenters. The van der Waals surface area contributed by atoms with Crippen molar-refractivity contribution >= 4 is 28.9 Å². The van der Waals surface area contributed by atoms with Crippen molar-refractivity contribution in [1.29, 1.82) is 0 Å². The number of oxime groups is 1. The van der Waals surface area contributed by atoms with Crippen LogP contribution in [0.3, 0.4) is 0 Å². The molecular formula is C20H17N3O7. The molecule has 0 radical (unpaired) electrons. The van der Waals surface area contributed by atoms with E-state index in [0.717, 1.165) is 4.90 Å². The average molecular weight is 411 g/mol. The third-order valence-electron chi connectivity index (χ3n) is 5.21. The number of fused-ring (bicyclic) bond motifs is 1. The molecule has 0 saturated carbocycles. The summed E-state index contributed by atoms with van der Waals surface area (Å²) < 4.78 is 10.6. The number of carbonyl (C=O) groups is 2. The Morgan fingerprint density at radius 1 is 1.13 bits per heavy atom. The molecule has 0 N–H and O–H groups in total. The van der Waals surface area contributed by atoms with Crippen LogP contribution in [0.25, 0.3) is 0 Å². The highest BCUT2D eigenvalue weighted by molar-refractivity contribution is 6.33. The maximum Gasteiger partial charge on any atom is 0.278 e. The second-order valence-corrected chi connectivity index (χ2v) is 6.74. The van der Waals surface area contributed by atoms with E-state index < -0.39 is 28.8 Å². The lowest BCUT2D eigenvalue weighted by molar-refractivity contribution is -0.385. The summed E-state index contributed by atoms with van der Waals surface area (Å²) in [6.07, 6.45) is -1.15. The number of nitro groups is 1. The molecule has 2 amide bonds. The highest BCUT2D eigenvalue weighted by Gasteiger charge is 2.57. The summed E-state index contributed by atoms with van der Waals surface area (Å²) in [5, 5.41) is 15.2. The molecule has 0 unspecified atom stereocenters. The van der Waals surface area contributed by atoms with Gasteiger partial charge in [0.05, 0.1) is 30.4 Å². The smallest absolute Gasteiger partial charge is 0.278 e. The Balaban J connectivity index is 1.77. The molecule has 2 aliphatic heterocycles. The molecule has 0 bridgehead atoms. The normalized spacial score (nSPS) is 20.0. The number of nitro benzene ring substituents is 1. The fraction of sp³-hybridized carbons (Fsp3) is 0.250. The molecular weight excluding hydrogens is 394 g/mol. The molecule has 10 heteroatoms. The molecule has 2 heterocycles. The first kappa shape index (κ1) is 19.4. The maximum atomic E-state index is 13.3. The van der Waals surface area contributed by atoms with Gasteiger partial charge in [0.1, 0.15) is 23.1 Å². The number of benzene rings is 2. The predicted molar refractivity (Wildman–Crippen MR) is 105 cm³/mol. The molecule has 1 saturated heterocycles. The number of hydrogen-bond acceptors (Lipinski definition) is 8. The summed E-state index contributed by atoms with van der Waals surface area (Å²) in [6.45, 7) is 1.49. The second kappa shape index (κ2) is 7.14. The van der Waals surface area contributed by atoms with Crippen LogP contribution in [0.2, 0.25) is 0 Å². The van der Waals surface area contributed by atoms with E-state index in [1.165, 1.54) is 39.3 Å². The van der Waals surface area contributed by atoms with Gasteiger partial charge in [-0.1, -0.05) is 11.2 Å². The minimum atomic E-state index is -1.15. The van der Waals surface area contributed by atoms with Crippen molar-refractivity contribution in [2.45, 2.75) is 13.0 Å². The van der Waals surface area contributed by atoms with Crippen molar-refractivity contribution in [2.75, 3.05) is 19.1 Å². The van der Waals surface area contributed by atoms with Crippen LogP contribution in [0.5, 0.6) is 11.5 Å². The van der Waals surface area contributed by atoms with Crippen LogP contribution in [-0.4, -0.2) is 42.8 Å². The Labute approximate surface area is 170 Å². The number of rotatable bonds is 5. The highest BCUT2D eigenvalue weighted by Crippen LogP contribution is 2.40. The number of imide groups is 1. The minimum Gasteiger partial charge on any atom is -0.497 e. The van der Waals surface area contributed by atoms with Crippen LogP contribution in [0, 0.1) is 23.0 Å². The Bertz CT molecular complexity index is 1110. The first-order chi connectivity index (χ1) is 14.4. The van der Waals surface area contributed by atoms with Gasteiger partial charge in [0.2, 0.25) is 12.0 Å². The van der Waals surface area contributed by atoms with Crippen LogP contribution < -0.4 is 14.4 Å². The summed E-state index contributed by atoms with van der Waals surface area (Å²) >= 11 is 0. The standard InChI is InChI=1S/C20H17N3O7/c1-10-13(5-4-6-14(10)23(26)27)22-19(24)16-17(21-30-18(16)20(22)25)12-9-11(28-2)7-8-15(12)29-3/h4-9,16,18H,1-3H3/t16-,18+/m1/s1. The lowest BCUT2D eigenvalue weighted by Crippen LogP contribution is -2.33. The van der Waals surface area contributed by atoms with E-state index in [4.69, 9.17) is 14.3 Å². The molecule has 10 nitrogen and oxygen atoms in total. The fourth-order valence-corrected chi connectivity index (χ4v) is 3.70.